The van der Waals surface area contributed by atoms with E-state index in [1.54, 1.807) is 30.3 Å². The van der Waals surface area contributed by atoms with Gasteiger partial charge in [0.05, 0.1) is 24.2 Å². The Balaban J connectivity index is 2.22. The lowest BCUT2D eigenvalue weighted by Gasteiger charge is -2.10. The molecule has 1 N–H and O–H groups in total. The molecule has 2 aromatic carbocycles. The minimum absolute atomic E-state index is 0.101. The van der Waals surface area contributed by atoms with E-state index in [0.717, 1.165) is 0 Å². The normalized spacial score (nSPS) is 10.9. The van der Waals surface area contributed by atoms with Crippen molar-refractivity contribution in [3.63, 3.8) is 0 Å². The summed E-state index contributed by atoms with van der Waals surface area (Å²) >= 11 is 0. The lowest BCUT2D eigenvalue weighted by Crippen LogP contribution is -2.13. The van der Waals surface area contributed by atoms with Crippen LogP contribution >= 0.6 is 0 Å². The Bertz CT molecular complexity index is 784. The number of carbonyl (C=O) groups is 1. The summed E-state index contributed by atoms with van der Waals surface area (Å²) in [5.41, 5.74) is 0.543. The predicted molar refractivity (Wildman–Crippen MR) is 86.2 cm³/mol. The van der Waals surface area contributed by atoms with E-state index in [1.165, 1.54) is 25.3 Å². The molecule has 0 radical (unpaired) electrons. The van der Waals surface area contributed by atoms with Gasteiger partial charge in [-0.05, 0) is 49.4 Å². The molecule has 6 nitrogen and oxygen atoms in total. The molecule has 0 saturated carbocycles. The molecule has 0 unspecified atom stereocenters. The first kappa shape index (κ1) is 16.8. The van der Waals surface area contributed by atoms with E-state index < -0.39 is 16.0 Å². The maximum absolute atomic E-state index is 12.4. The average molecular weight is 335 g/mol. The Hall–Kier alpha value is -2.54. The van der Waals surface area contributed by atoms with Gasteiger partial charge in [0, 0.05) is 5.69 Å². The summed E-state index contributed by atoms with van der Waals surface area (Å²) < 4.78 is 37.0. The quantitative estimate of drug-likeness (QED) is 0.821. The van der Waals surface area contributed by atoms with Gasteiger partial charge in [-0.15, -0.1) is 0 Å². The second-order valence-corrected chi connectivity index (χ2v) is 6.26. The van der Waals surface area contributed by atoms with Crippen molar-refractivity contribution >= 4 is 21.7 Å². The number of nitrogens with one attached hydrogen (secondary N) is 1. The van der Waals surface area contributed by atoms with Crippen molar-refractivity contribution in [1.82, 2.24) is 0 Å². The number of benzene rings is 2. The van der Waals surface area contributed by atoms with Crippen LogP contribution in [0.25, 0.3) is 0 Å². The molecule has 0 aromatic heterocycles. The molecule has 0 heterocycles. The summed E-state index contributed by atoms with van der Waals surface area (Å²) in [6, 6.07) is 12.2. The Morgan fingerprint density at radius 2 is 1.83 bits per heavy atom. The SMILES string of the molecule is CCOc1ccc(S(=O)(=O)Nc2cccc(C(=O)OC)c2)cc1. The van der Waals surface area contributed by atoms with Crippen LogP contribution in [0.3, 0.4) is 0 Å². The van der Waals surface area contributed by atoms with Crippen molar-refractivity contribution in [3.05, 3.63) is 54.1 Å². The van der Waals surface area contributed by atoms with Gasteiger partial charge in [-0.2, -0.15) is 0 Å². The van der Waals surface area contributed by atoms with Gasteiger partial charge in [0.2, 0.25) is 0 Å². The zero-order valence-corrected chi connectivity index (χ0v) is 13.6. The fourth-order valence-corrected chi connectivity index (χ4v) is 2.97. The van der Waals surface area contributed by atoms with Crippen molar-refractivity contribution in [2.24, 2.45) is 0 Å². The predicted octanol–water partition coefficient (Wildman–Crippen LogP) is 2.67. The van der Waals surface area contributed by atoms with Crippen molar-refractivity contribution in [3.8, 4) is 5.75 Å². The zero-order valence-electron chi connectivity index (χ0n) is 12.8. The molecule has 0 aliphatic rings. The molecular weight excluding hydrogens is 318 g/mol. The van der Waals surface area contributed by atoms with E-state index in [1.807, 2.05) is 6.92 Å². The third kappa shape index (κ3) is 4.23. The third-order valence-electron chi connectivity index (χ3n) is 2.98. The fraction of sp³-hybridized carbons (Fsp3) is 0.188. The van der Waals surface area contributed by atoms with Crippen molar-refractivity contribution in [2.45, 2.75) is 11.8 Å². The highest BCUT2D eigenvalue weighted by Crippen LogP contribution is 2.20. The molecule has 7 heteroatoms. The first-order valence-electron chi connectivity index (χ1n) is 6.90. The van der Waals surface area contributed by atoms with Gasteiger partial charge in [0.15, 0.2) is 0 Å². The lowest BCUT2D eigenvalue weighted by atomic mass is 10.2. The van der Waals surface area contributed by atoms with Crippen molar-refractivity contribution in [1.29, 1.82) is 0 Å². The van der Waals surface area contributed by atoms with Gasteiger partial charge in [0.25, 0.3) is 10.0 Å². The Morgan fingerprint density at radius 3 is 2.43 bits per heavy atom. The molecule has 2 aromatic rings. The number of rotatable bonds is 6. The van der Waals surface area contributed by atoms with E-state index in [4.69, 9.17) is 4.74 Å². The maximum Gasteiger partial charge on any atom is 0.337 e. The summed E-state index contributed by atoms with van der Waals surface area (Å²) in [7, 11) is -2.49. The van der Waals surface area contributed by atoms with Gasteiger partial charge in [-0.1, -0.05) is 6.07 Å². The molecular formula is C16H17NO5S. The highest BCUT2D eigenvalue weighted by molar-refractivity contribution is 7.92. The van der Waals surface area contributed by atoms with Gasteiger partial charge < -0.3 is 9.47 Å². The van der Waals surface area contributed by atoms with Crippen LogP contribution in [0.2, 0.25) is 0 Å². The maximum atomic E-state index is 12.4. The monoisotopic (exact) mass is 335 g/mol. The third-order valence-corrected chi connectivity index (χ3v) is 4.38. The Labute approximate surface area is 135 Å². The Morgan fingerprint density at radius 1 is 1.13 bits per heavy atom. The molecule has 0 saturated heterocycles. The largest absolute Gasteiger partial charge is 0.494 e. The minimum Gasteiger partial charge on any atom is -0.494 e. The molecule has 2 rings (SSSR count). The van der Waals surface area contributed by atoms with E-state index in [9.17, 15) is 13.2 Å². The molecule has 0 atom stereocenters. The van der Waals surface area contributed by atoms with Crippen LogP contribution in [0, 0.1) is 0 Å². The van der Waals surface area contributed by atoms with Crippen LogP contribution in [-0.2, 0) is 14.8 Å². The molecule has 0 bridgehead atoms. The molecule has 23 heavy (non-hydrogen) atoms. The van der Waals surface area contributed by atoms with Crippen LogP contribution < -0.4 is 9.46 Å². The van der Waals surface area contributed by atoms with Crippen molar-refractivity contribution < 1.29 is 22.7 Å². The van der Waals surface area contributed by atoms with Crippen LogP contribution in [0.15, 0.2) is 53.4 Å². The number of esters is 1. The van der Waals surface area contributed by atoms with Crippen LogP contribution in [0.4, 0.5) is 5.69 Å². The number of anilines is 1. The van der Waals surface area contributed by atoms with E-state index in [0.29, 0.717) is 12.4 Å². The summed E-state index contributed by atoms with van der Waals surface area (Å²) in [5, 5.41) is 0. The van der Waals surface area contributed by atoms with Crippen LogP contribution in [-0.4, -0.2) is 28.1 Å². The Kier molecular flexibility index (Phi) is 5.23. The number of hydrogen-bond acceptors (Lipinski definition) is 5. The topological polar surface area (TPSA) is 81.7 Å². The second-order valence-electron chi connectivity index (χ2n) is 4.58. The molecule has 122 valence electrons. The van der Waals surface area contributed by atoms with Crippen molar-refractivity contribution in [2.75, 3.05) is 18.4 Å². The molecule has 0 amide bonds. The average Bonchev–Trinajstić information content (AvgIpc) is 2.55. The highest BCUT2D eigenvalue weighted by Gasteiger charge is 2.15. The number of methoxy groups -OCH3 is 1. The van der Waals surface area contributed by atoms with Crippen LogP contribution in [0.5, 0.6) is 5.75 Å². The number of sulfonamides is 1. The first-order chi connectivity index (χ1) is 11.0. The first-order valence-corrected chi connectivity index (χ1v) is 8.38. The van der Waals surface area contributed by atoms with Gasteiger partial charge in [0.1, 0.15) is 5.75 Å². The lowest BCUT2D eigenvalue weighted by molar-refractivity contribution is 0.0601. The summed E-state index contributed by atoms with van der Waals surface area (Å²) in [4.78, 5) is 11.6. The second kappa shape index (κ2) is 7.15. The van der Waals surface area contributed by atoms with Gasteiger partial charge in [-0.3, -0.25) is 4.72 Å². The standard InChI is InChI=1S/C16H17NO5S/c1-3-22-14-7-9-15(10-8-14)23(19,20)17-13-6-4-5-12(11-13)16(18)21-2/h4-11,17H,3H2,1-2H3. The number of ether oxygens (including phenoxy) is 2. The van der Waals surface area contributed by atoms with Crippen LogP contribution in [0.1, 0.15) is 17.3 Å². The van der Waals surface area contributed by atoms with Gasteiger partial charge >= 0.3 is 5.97 Å². The minimum atomic E-state index is -3.75. The molecule has 0 aliphatic carbocycles. The van der Waals surface area contributed by atoms with E-state index in [-0.39, 0.29) is 16.1 Å². The number of carbonyl (C=O) groups excluding carboxylic acids is 1. The van der Waals surface area contributed by atoms with Gasteiger partial charge in [-0.25, -0.2) is 13.2 Å². The summed E-state index contributed by atoms with van der Waals surface area (Å²) in [6.45, 7) is 2.35. The smallest absolute Gasteiger partial charge is 0.337 e. The van der Waals surface area contributed by atoms with E-state index >= 15 is 0 Å². The number of hydrogen-bond donors (Lipinski definition) is 1. The van der Waals surface area contributed by atoms with E-state index in [2.05, 4.69) is 9.46 Å². The fourth-order valence-electron chi connectivity index (χ4n) is 1.92. The molecule has 0 aliphatic heterocycles. The summed E-state index contributed by atoms with van der Waals surface area (Å²) in [5.74, 6) is 0.0613. The summed E-state index contributed by atoms with van der Waals surface area (Å²) in [6.07, 6.45) is 0. The highest BCUT2D eigenvalue weighted by atomic mass is 32.2. The molecule has 0 fully saturated rings. The molecule has 0 spiro atoms. The zero-order chi connectivity index (χ0) is 16.9.